The van der Waals surface area contributed by atoms with Gasteiger partial charge in [0.05, 0.1) is 5.02 Å². The van der Waals surface area contributed by atoms with Gasteiger partial charge in [0.25, 0.3) is 5.91 Å². The van der Waals surface area contributed by atoms with Gasteiger partial charge in [0.15, 0.2) is 6.61 Å². The molecule has 1 atom stereocenters. The first kappa shape index (κ1) is 24.6. The predicted molar refractivity (Wildman–Crippen MR) is 122 cm³/mol. The summed E-state index contributed by atoms with van der Waals surface area (Å²) >= 11 is 24.2. The Balaban J connectivity index is 2.19. The largest absolute Gasteiger partial charge is 0.482 e. The third-order valence-corrected chi connectivity index (χ3v) is 5.43. The van der Waals surface area contributed by atoms with Gasteiger partial charge in [-0.1, -0.05) is 59.4 Å². The van der Waals surface area contributed by atoms with E-state index in [0.29, 0.717) is 32.9 Å². The molecular formula is C21H22Cl4N2O3. The van der Waals surface area contributed by atoms with Crippen LogP contribution in [0.4, 0.5) is 0 Å². The molecule has 30 heavy (non-hydrogen) atoms. The molecule has 0 fully saturated rings. The van der Waals surface area contributed by atoms with Gasteiger partial charge in [-0.25, -0.2) is 0 Å². The van der Waals surface area contributed by atoms with Crippen LogP contribution in [0.1, 0.15) is 25.8 Å². The summed E-state index contributed by atoms with van der Waals surface area (Å²) in [6.07, 6.45) is 0.785. The third-order valence-electron chi connectivity index (χ3n) is 4.32. The van der Waals surface area contributed by atoms with Gasteiger partial charge in [0.2, 0.25) is 5.91 Å². The van der Waals surface area contributed by atoms with E-state index in [1.807, 2.05) is 6.92 Å². The van der Waals surface area contributed by atoms with E-state index in [1.54, 1.807) is 37.3 Å². The van der Waals surface area contributed by atoms with Crippen LogP contribution in [0.2, 0.25) is 20.1 Å². The quantitative estimate of drug-likeness (QED) is 0.495. The van der Waals surface area contributed by atoms with Crippen molar-refractivity contribution in [3.8, 4) is 5.75 Å². The summed E-state index contributed by atoms with van der Waals surface area (Å²) < 4.78 is 5.57. The average molecular weight is 492 g/mol. The lowest BCUT2D eigenvalue weighted by atomic mass is 10.1. The molecule has 0 saturated carbocycles. The molecule has 1 unspecified atom stereocenters. The Morgan fingerprint density at radius 3 is 2.27 bits per heavy atom. The van der Waals surface area contributed by atoms with Crippen molar-refractivity contribution in [1.29, 1.82) is 0 Å². The summed E-state index contributed by atoms with van der Waals surface area (Å²) in [4.78, 5) is 26.9. The van der Waals surface area contributed by atoms with E-state index in [9.17, 15) is 9.59 Å². The number of ether oxygens (including phenoxy) is 1. The first-order valence-electron chi connectivity index (χ1n) is 9.31. The normalized spacial score (nSPS) is 11.7. The number of hydrogen-bond donors (Lipinski definition) is 1. The summed E-state index contributed by atoms with van der Waals surface area (Å²) in [5.41, 5.74) is 0.661. The molecule has 162 valence electrons. The van der Waals surface area contributed by atoms with Crippen molar-refractivity contribution in [2.45, 2.75) is 32.9 Å². The zero-order valence-electron chi connectivity index (χ0n) is 16.6. The maximum atomic E-state index is 13.0. The summed E-state index contributed by atoms with van der Waals surface area (Å²) in [5, 5.41) is 4.44. The van der Waals surface area contributed by atoms with Crippen LogP contribution < -0.4 is 10.1 Å². The molecule has 0 spiro atoms. The SMILES string of the molecule is CCCNC(=O)C(C)N(Cc1ccc(Cl)cc1Cl)C(=O)COc1ccc(Cl)cc1Cl. The number of nitrogens with zero attached hydrogens (tertiary/aromatic N) is 1. The van der Waals surface area contributed by atoms with E-state index in [-0.39, 0.29) is 24.1 Å². The van der Waals surface area contributed by atoms with Gasteiger partial charge < -0.3 is 15.0 Å². The van der Waals surface area contributed by atoms with Crippen molar-refractivity contribution < 1.29 is 14.3 Å². The molecule has 0 radical (unpaired) electrons. The highest BCUT2D eigenvalue weighted by molar-refractivity contribution is 6.35. The average Bonchev–Trinajstić information content (AvgIpc) is 2.70. The van der Waals surface area contributed by atoms with E-state index in [1.165, 1.54) is 11.0 Å². The van der Waals surface area contributed by atoms with Crippen molar-refractivity contribution in [3.05, 3.63) is 62.1 Å². The molecule has 0 aliphatic carbocycles. The van der Waals surface area contributed by atoms with Gasteiger partial charge in [0, 0.05) is 28.2 Å². The zero-order chi connectivity index (χ0) is 22.3. The number of nitrogens with one attached hydrogen (secondary N) is 1. The highest BCUT2D eigenvalue weighted by Gasteiger charge is 2.27. The second-order valence-corrected chi connectivity index (χ2v) is 8.28. The van der Waals surface area contributed by atoms with Crippen LogP contribution in [0.25, 0.3) is 0 Å². The second-order valence-electron chi connectivity index (χ2n) is 6.59. The maximum Gasteiger partial charge on any atom is 0.261 e. The van der Waals surface area contributed by atoms with E-state index in [0.717, 1.165) is 6.42 Å². The topological polar surface area (TPSA) is 58.6 Å². The molecule has 5 nitrogen and oxygen atoms in total. The van der Waals surface area contributed by atoms with Crippen molar-refractivity contribution in [1.82, 2.24) is 10.2 Å². The number of benzene rings is 2. The molecule has 0 aromatic heterocycles. The number of carbonyl (C=O) groups is 2. The van der Waals surface area contributed by atoms with Crippen LogP contribution in [0, 0.1) is 0 Å². The molecule has 2 rings (SSSR count). The molecule has 2 aromatic rings. The number of carbonyl (C=O) groups excluding carboxylic acids is 2. The van der Waals surface area contributed by atoms with Crippen LogP contribution in [-0.2, 0) is 16.1 Å². The van der Waals surface area contributed by atoms with Gasteiger partial charge in [-0.2, -0.15) is 0 Å². The van der Waals surface area contributed by atoms with Crippen molar-refractivity contribution in [2.75, 3.05) is 13.2 Å². The zero-order valence-corrected chi connectivity index (χ0v) is 19.6. The molecule has 1 N–H and O–H groups in total. The van der Waals surface area contributed by atoms with Crippen molar-refractivity contribution >= 4 is 58.2 Å². The Bertz CT molecular complexity index is 908. The van der Waals surface area contributed by atoms with Gasteiger partial charge in [-0.3, -0.25) is 9.59 Å². The fourth-order valence-electron chi connectivity index (χ4n) is 2.63. The van der Waals surface area contributed by atoms with E-state index >= 15 is 0 Å². The standard InChI is InChI=1S/C21H22Cl4N2O3/c1-3-8-26-21(29)13(2)27(11-14-4-5-15(22)9-17(14)24)20(28)12-30-19-7-6-16(23)10-18(19)25/h4-7,9-10,13H,3,8,11-12H2,1-2H3,(H,26,29). The molecule has 0 aliphatic rings. The third kappa shape index (κ3) is 6.95. The summed E-state index contributed by atoms with van der Waals surface area (Å²) in [6.45, 7) is 3.93. The van der Waals surface area contributed by atoms with Crippen molar-refractivity contribution in [3.63, 3.8) is 0 Å². The van der Waals surface area contributed by atoms with Crippen LogP contribution in [-0.4, -0.2) is 35.9 Å². The fourth-order valence-corrected chi connectivity index (χ4v) is 3.56. The molecular weight excluding hydrogens is 470 g/mol. The van der Waals surface area contributed by atoms with Crippen molar-refractivity contribution in [2.24, 2.45) is 0 Å². The van der Waals surface area contributed by atoms with E-state index in [4.69, 9.17) is 51.1 Å². The Labute approximate surface area is 196 Å². The first-order chi connectivity index (χ1) is 14.2. The van der Waals surface area contributed by atoms with Crippen LogP contribution in [0.3, 0.4) is 0 Å². The first-order valence-corrected chi connectivity index (χ1v) is 10.8. The molecule has 0 saturated heterocycles. The Morgan fingerprint density at radius 2 is 1.67 bits per heavy atom. The van der Waals surface area contributed by atoms with E-state index < -0.39 is 11.9 Å². The van der Waals surface area contributed by atoms with Crippen LogP contribution in [0.5, 0.6) is 5.75 Å². The smallest absolute Gasteiger partial charge is 0.261 e. The predicted octanol–water partition coefficient (Wildman–Crippen LogP) is 5.62. The molecule has 2 amide bonds. The van der Waals surface area contributed by atoms with Gasteiger partial charge in [-0.15, -0.1) is 0 Å². The number of hydrogen-bond acceptors (Lipinski definition) is 3. The highest BCUT2D eigenvalue weighted by atomic mass is 35.5. The fraction of sp³-hybridized carbons (Fsp3) is 0.333. The van der Waals surface area contributed by atoms with Crippen LogP contribution >= 0.6 is 46.4 Å². The maximum absolute atomic E-state index is 13.0. The van der Waals surface area contributed by atoms with Crippen LogP contribution in [0.15, 0.2) is 36.4 Å². The molecule has 0 heterocycles. The lowest BCUT2D eigenvalue weighted by molar-refractivity contribution is -0.142. The monoisotopic (exact) mass is 490 g/mol. The highest BCUT2D eigenvalue weighted by Crippen LogP contribution is 2.28. The lowest BCUT2D eigenvalue weighted by Gasteiger charge is -2.29. The minimum absolute atomic E-state index is 0.118. The minimum atomic E-state index is -0.736. The van der Waals surface area contributed by atoms with Gasteiger partial charge in [0.1, 0.15) is 11.8 Å². The minimum Gasteiger partial charge on any atom is -0.482 e. The number of rotatable bonds is 9. The number of amides is 2. The van der Waals surface area contributed by atoms with Gasteiger partial charge in [-0.05, 0) is 49.2 Å². The number of halogens is 4. The summed E-state index contributed by atoms with van der Waals surface area (Å²) in [5.74, 6) is -0.340. The molecule has 9 heteroatoms. The Morgan fingerprint density at radius 1 is 1.03 bits per heavy atom. The summed E-state index contributed by atoms with van der Waals surface area (Å²) in [6, 6.07) is 8.97. The Hall–Kier alpha value is -1.66. The van der Waals surface area contributed by atoms with E-state index in [2.05, 4.69) is 5.32 Å². The molecule has 0 bridgehead atoms. The molecule has 2 aromatic carbocycles. The Kier molecular flexibility index (Phi) is 9.56. The molecule has 0 aliphatic heterocycles. The van der Waals surface area contributed by atoms with Gasteiger partial charge >= 0.3 is 0 Å². The summed E-state index contributed by atoms with van der Waals surface area (Å²) in [7, 11) is 0. The lowest BCUT2D eigenvalue weighted by Crippen LogP contribution is -2.49. The second kappa shape index (κ2) is 11.7.